The average Bonchev–Trinajstić information content (AvgIpc) is 2.88. The topological polar surface area (TPSA) is 51.0 Å². The summed E-state index contributed by atoms with van der Waals surface area (Å²) in [5, 5.41) is 9.56. The second-order valence-electron chi connectivity index (χ2n) is 4.26. The molecule has 0 bridgehead atoms. The van der Waals surface area contributed by atoms with Crippen LogP contribution in [0.25, 0.3) is 0 Å². The second-order valence-corrected chi connectivity index (χ2v) is 4.98. The lowest BCUT2D eigenvalue weighted by Gasteiger charge is -2.18. The molecule has 4 nitrogen and oxygen atoms in total. The predicted octanol–water partition coefficient (Wildman–Crippen LogP) is 3.16. The van der Waals surface area contributed by atoms with Crippen LogP contribution in [0.15, 0.2) is 15.4 Å². The molecular formula is C12H17N3OS. The van der Waals surface area contributed by atoms with Gasteiger partial charge in [-0.05, 0) is 27.7 Å². The first kappa shape index (κ1) is 12.3. The summed E-state index contributed by atoms with van der Waals surface area (Å²) in [6.45, 7) is 8.15. The molecule has 2 aromatic rings. The molecule has 2 aromatic heterocycles. The largest absolute Gasteiger partial charge is 0.361 e. The van der Waals surface area contributed by atoms with Gasteiger partial charge in [-0.15, -0.1) is 11.3 Å². The van der Waals surface area contributed by atoms with E-state index in [1.165, 1.54) is 0 Å². The molecular weight excluding hydrogens is 234 g/mol. The molecule has 17 heavy (non-hydrogen) atoms. The van der Waals surface area contributed by atoms with Crippen molar-refractivity contribution in [2.45, 2.75) is 39.8 Å². The highest BCUT2D eigenvalue weighted by Crippen LogP contribution is 2.24. The van der Waals surface area contributed by atoms with Gasteiger partial charge in [0.2, 0.25) is 0 Å². The summed E-state index contributed by atoms with van der Waals surface area (Å²) in [6, 6.07) is 0.433. The van der Waals surface area contributed by atoms with Crippen LogP contribution < -0.4 is 5.32 Å². The van der Waals surface area contributed by atoms with E-state index in [0.29, 0.717) is 0 Å². The SMILES string of the molecule is Cc1noc(C)c1C(C)NC(C)c1cscn1. The Balaban J connectivity index is 2.09. The van der Waals surface area contributed by atoms with Gasteiger partial charge in [0.05, 0.1) is 16.9 Å². The fraction of sp³-hybridized carbons (Fsp3) is 0.500. The van der Waals surface area contributed by atoms with Crippen LogP contribution in [-0.4, -0.2) is 10.1 Å². The van der Waals surface area contributed by atoms with Gasteiger partial charge >= 0.3 is 0 Å². The molecule has 0 saturated heterocycles. The highest BCUT2D eigenvalue weighted by Gasteiger charge is 2.19. The molecule has 2 atom stereocenters. The minimum atomic E-state index is 0.206. The molecule has 0 spiro atoms. The molecule has 0 fully saturated rings. The van der Waals surface area contributed by atoms with E-state index in [2.05, 4.69) is 34.7 Å². The molecule has 2 rings (SSSR count). The van der Waals surface area contributed by atoms with Gasteiger partial charge < -0.3 is 9.84 Å². The van der Waals surface area contributed by atoms with Crippen LogP contribution in [0.1, 0.15) is 48.6 Å². The lowest BCUT2D eigenvalue weighted by Crippen LogP contribution is -2.23. The van der Waals surface area contributed by atoms with Gasteiger partial charge in [-0.25, -0.2) is 4.98 Å². The zero-order chi connectivity index (χ0) is 12.4. The van der Waals surface area contributed by atoms with E-state index < -0.39 is 0 Å². The summed E-state index contributed by atoms with van der Waals surface area (Å²) in [4.78, 5) is 4.31. The third-order valence-electron chi connectivity index (χ3n) is 2.92. The monoisotopic (exact) mass is 251 g/mol. The van der Waals surface area contributed by atoms with Crippen LogP contribution in [0.3, 0.4) is 0 Å². The highest BCUT2D eigenvalue weighted by atomic mass is 32.1. The number of aryl methyl sites for hydroxylation is 2. The molecule has 0 amide bonds. The molecule has 0 aliphatic carbocycles. The average molecular weight is 251 g/mol. The lowest BCUT2D eigenvalue weighted by atomic mass is 10.1. The molecule has 0 radical (unpaired) electrons. The Hall–Kier alpha value is -1.20. The van der Waals surface area contributed by atoms with Crippen LogP contribution in [0.5, 0.6) is 0 Å². The van der Waals surface area contributed by atoms with Gasteiger partial charge in [-0.1, -0.05) is 5.16 Å². The Morgan fingerprint density at radius 1 is 1.29 bits per heavy atom. The van der Waals surface area contributed by atoms with Crippen molar-refractivity contribution in [3.8, 4) is 0 Å². The van der Waals surface area contributed by atoms with E-state index >= 15 is 0 Å². The standard InChI is InChI=1S/C12H17N3OS/c1-7(11-5-17-6-13-11)14-8(2)12-9(3)15-16-10(12)4/h5-8,14H,1-4H3. The van der Waals surface area contributed by atoms with Crippen molar-refractivity contribution in [2.75, 3.05) is 0 Å². The Morgan fingerprint density at radius 3 is 2.59 bits per heavy atom. The van der Waals surface area contributed by atoms with Crippen molar-refractivity contribution >= 4 is 11.3 Å². The van der Waals surface area contributed by atoms with Gasteiger partial charge in [0.15, 0.2) is 0 Å². The van der Waals surface area contributed by atoms with Crippen molar-refractivity contribution in [1.82, 2.24) is 15.5 Å². The van der Waals surface area contributed by atoms with Crippen molar-refractivity contribution in [3.05, 3.63) is 33.6 Å². The molecule has 5 heteroatoms. The predicted molar refractivity (Wildman–Crippen MR) is 68.1 cm³/mol. The number of hydrogen-bond donors (Lipinski definition) is 1. The first-order chi connectivity index (χ1) is 8.09. The third-order valence-corrected chi connectivity index (χ3v) is 3.52. The van der Waals surface area contributed by atoms with E-state index in [-0.39, 0.29) is 12.1 Å². The van der Waals surface area contributed by atoms with Crippen molar-refractivity contribution in [1.29, 1.82) is 0 Å². The van der Waals surface area contributed by atoms with Crippen molar-refractivity contribution in [2.24, 2.45) is 0 Å². The van der Waals surface area contributed by atoms with Gasteiger partial charge in [0.25, 0.3) is 0 Å². The fourth-order valence-corrected chi connectivity index (χ4v) is 2.74. The Bertz CT molecular complexity index is 458. The molecule has 2 unspecified atom stereocenters. The molecule has 0 aromatic carbocycles. The maximum absolute atomic E-state index is 5.19. The molecule has 92 valence electrons. The fourth-order valence-electron chi connectivity index (χ4n) is 2.09. The van der Waals surface area contributed by atoms with Crippen LogP contribution >= 0.6 is 11.3 Å². The quantitative estimate of drug-likeness (QED) is 0.906. The van der Waals surface area contributed by atoms with E-state index in [0.717, 1.165) is 22.7 Å². The Kier molecular flexibility index (Phi) is 3.59. The molecule has 0 aliphatic rings. The van der Waals surface area contributed by atoms with Gasteiger partial charge in [-0.3, -0.25) is 0 Å². The van der Waals surface area contributed by atoms with Crippen molar-refractivity contribution in [3.63, 3.8) is 0 Å². The lowest BCUT2D eigenvalue weighted by molar-refractivity contribution is 0.389. The molecule has 2 heterocycles. The maximum atomic E-state index is 5.19. The van der Waals surface area contributed by atoms with E-state index in [4.69, 9.17) is 4.52 Å². The Morgan fingerprint density at radius 2 is 2.06 bits per heavy atom. The minimum absolute atomic E-state index is 0.206. The molecule has 0 aliphatic heterocycles. The number of rotatable bonds is 4. The normalized spacial score (nSPS) is 14.8. The van der Waals surface area contributed by atoms with Gasteiger partial charge in [-0.2, -0.15) is 0 Å². The highest BCUT2D eigenvalue weighted by molar-refractivity contribution is 7.07. The van der Waals surface area contributed by atoms with E-state index in [1.54, 1.807) is 11.3 Å². The Labute approximate surface area is 105 Å². The van der Waals surface area contributed by atoms with Gasteiger partial charge in [0.1, 0.15) is 5.76 Å². The summed E-state index contributed by atoms with van der Waals surface area (Å²) >= 11 is 1.62. The van der Waals surface area contributed by atoms with Crippen LogP contribution in [0.2, 0.25) is 0 Å². The van der Waals surface area contributed by atoms with Gasteiger partial charge in [0, 0.05) is 23.0 Å². The van der Waals surface area contributed by atoms with E-state index in [9.17, 15) is 0 Å². The third kappa shape index (κ3) is 2.56. The summed E-state index contributed by atoms with van der Waals surface area (Å²) in [5.41, 5.74) is 5.03. The van der Waals surface area contributed by atoms with E-state index in [1.807, 2.05) is 19.4 Å². The summed E-state index contributed by atoms with van der Waals surface area (Å²) in [5.74, 6) is 0.882. The zero-order valence-electron chi connectivity index (χ0n) is 10.5. The summed E-state index contributed by atoms with van der Waals surface area (Å²) in [7, 11) is 0. The number of nitrogens with zero attached hydrogens (tertiary/aromatic N) is 2. The summed E-state index contributed by atoms with van der Waals surface area (Å²) < 4.78 is 5.19. The van der Waals surface area contributed by atoms with Crippen LogP contribution in [0.4, 0.5) is 0 Å². The minimum Gasteiger partial charge on any atom is -0.361 e. The van der Waals surface area contributed by atoms with Crippen LogP contribution in [0, 0.1) is 13.8 Å². The van der Waals surface area contributed by atoms with Crippen LogP contribution in [-0.2, 0) is 0 Å². The number of nitrogens with one attached hydrogen (secondary N) is 1. The maximum Gasteiger partial charge on any atom is 0.138 e. The number of hydrogen-bond acceptors (Lipinski definition) is 5. The molecule has 0 saturated carbocycles. The molecule has 1 N–H and O–H groups in total. The number of thiazole rings is 1. The zero-order valence-corrected chi connectivity index (χ0v) is 11.3. The van der Waals surface area contributed by atoms with Crippen molar-refractivity contribution < 1.29 is 4.52 Å². The second kappa shape index (κ2) is 4.98. The smallest absolute Gasteiger partial charge is 0.138 e. The number of aromatic nitrogens is 2. The first-order valence-electron chi connectivity index (χ1n) is 5.66. The first-order valence-corrected chi connectivity index (χ1v) is 6.60. The summed E-state index contributed by atoms with van der Waals surface area (Å²) in [6.07, 6.45) is 0.